The molecule has 0 radical (unpaired) electrons. The lowest BCUT2D eigenvalue weighted by Gasteiger charge is -2.36. The number of benzene rings is 1. The van der Waals surface area contributed by atoms with Gasteiger partial charge in [-0.2, -0.15) is 0 Å². The van der Waals surface area contributed by atoms with Gasteiger partial charge in [-0.1, -0.05) is 51.1 Å². The molecule has 7 nitrogen and oxygen atoms in total. The van der Waals surface area contributed by atoms with E-state index in [2.05, 4.69) is 23.4 Å². The van der Waals surface area contributed by atoms with Crippen LogP contribution in [0.15, 0.2) is 36.7 Å². The fourth-order valence-electron chi connectivity index (χ4n) is 4.92. The van der Waals surface area contributed by atoms with E-state index in [1.54, 1.807) is 7.11 Å². The van der Waals surface area contributed by atoms with Crippen molar-refractivity contribution < 1.29 is 14.3 Å². The Hall–Kier alpha value is -2.93. The smallest absolute Gasteiger partial charge is 0.324 e. The number of nitrogens with zero attached hydrogens (tertiary/aromatic N) is 4. The van der Waals surface area contributed by atoms with Crippen molar-refractivity contribution in [3.8, 4) is 11.5 Å². The third kappa shape index (κ3) is 6.32. The van der Waals surface area contributed by atoms with Crippen LogP contribution in [0, 0.1) is 0 Å². The molecule has 3 heterocycles. The summed E-state index contributed by atoms with van der Waals surface area (Å²) in [6, 6.07) is 7.69. The molecule has 2 aromatic heterocycles. The molecule has 1 aliphatic heterocycles. The largest absolute Gasteiger partial charge is 0.493 e. The first-order valence-corrected chi connectivity index (χ1v) is 13.9. The molecule has 0 spiro atoms. The van der Waals surface area contributed by atoms with Crippen molar-refractivity contribution in [2.45, 2.75) is 71.9 Å². The van der Waals surface area contributed by atoms with Crippen LogP contribution in [0.2, 0.25) is 5.02 Å². The maximum absolute atomic E-state index is 13.6. The van der Waals surface area contributed by atoms with Gasteiger partial charge in [0.1, 0.15) is 5.65 Å². The molecule has 1 aliphatic rings. The lowest BCUT2D eigenvalue weighted by Crippen LogP contribution is -2.49. The van der Waals surface area contributed by atoms with Crippen LogP contribution in [0.4, 0.5) is 10.5 Å². The second-order valence-electron chi connectivity index (χ2n) is 9.65. The van der Waals surface area contributed by atoms with E-state index in [4.69, 9.17) is 21.1 Å². The van der Waals surface area contributed by atoms with Gasteiger partial charge >= 0.3 is 6.03 Å². The number of aryl methyl sites for hydroxylation is 1. The monoisotopic (exact) mass is 526 g/mol. The second kappa shape index (κ2) is 13.0. The summed E-state index contributed by atoms with van der Waals surface area (Å²) in [5, 5.41) is 1.63. The van der Waals surface area contributed by atoms with E-state index in [0.717, 1.165) is 60.9 Å². The van der Waals surface area contributed by atoms with E-state index in [9.17, 15) is 4.79 Å². The number of rotatable bonds is 13. The summed E-state index contributed by atoms with van der Waals surface area (Å²) in [5.74, 6) is 1.35. The van der Waals surface area contributed by atoms with Crippen LogP contribution in [-0.4, -0.2) is 47.3 Å². The zero-order valence-corrected chi connectivity index (χ0v) is 23.1. The van der Waals surface area contributed by atoms with E-state index in [-0.39, 0.29) is 6.03 Å². The molecule has 2 amide bonds. The minimum Gasteiger partial charge on any atom is -0.493 e. The van der Waals surface area contributed by atoms with Gasteiger partial charge in [0.25, 0.3) is 0 Å². The Bertz CT molecular complexity index is 1200. The SMILES string of the molecule is CCCCCOc1cc(N2CCCN(Cc3ccnc4c3c(Cl)cn4CCCCC)C2=O)ccc1OC. The zero-order chi connectivity index (χ0) is 26.2. The summed E-state index contributed by atoms with van der Waals surface area (Å²) < 4.78 is 13.7. The molecule has 0 atom stereocenters. The zero-order valence-electron chi connectivity index (χ0n) is 22.3. The van der Waals surface area contributed by atoms with E-state index in [1.807, 2.05) is 46.5 Å². The predicted octanol–water partition coefficient (Wildman–Crippen LogP) is 7.29. The molecule has 3 aromatic rings. The lowest BCUT2D eigenvalue weighted by atomic mass is 10.1. The van der Waals surface area contributed by atoms with E-state index in [0.29, 0.717) is 42.8 Å². The van der Waals surface area contributed by atoms with Gasteiger partial charge in [-0.15, -0.1) is 0 Å². The molecule has 0 aliphatic carbocycles. The van der Waals surface area contributed by atoms with Gasteiger partial charge < -0.3 is 18.9 Å². The second-order valence-corrected chi connectivity index (χ2v) is 10.1. The van der Waals surface area contributed by atoms with Crippen molar-refractivity contribution in [1.29, 1.82) is 0 Å². The Morgan fingerprint density at radius 3 is 2.62 bits per heavy atom. The van der Waals surface area contributed by atoms with E-state index < -0.39 is 0 Å². The van der Waals surface area contributed by atoms with Crippen molar-refractivity contribution in [2.75, 3.05) is 31.7 Å². The maximum Gasteiger partial charge on any atom is 0.324 e. The molecule has 0 N–H and O–H groups in total. The topological polar surface area (TPSA) is 59.8 Å². The minimum absolute atomic E-state index is 0.0168. The van der Waals surface area contributed by atoms with Gasteiger partial charge in [0.2, 0.25) is 0 Å². The van der Waals surface area contributed by atoms with E-state index in [1.165, 1.54) is 12.8 Å². The van der Waals surface area contributed by atoms with Gasteiger partial charge in [-0.05, 0) is 43.0 Å². The summed E-state index contributed by atoms with van der Waals surface area (Å²) in [5.41, 5.74) is 2.73. The summed E-state index contributed by atoms with van der Waals surface area (Å²) in [6.07, 6.45) is 11.4. The quantitative estimate of drug-likeness (QED) is 0.219. The van der Waals surface area contributed by atoms with Gasteiger partial charge in [-0.25, -0.2) is 9.78 Å². The first-order chi connectivity index (χ1) is 18.1. The summed E-state index contributed by atoms with van der Waals surface area (Å²) in [7, 11) is 1.64. The molecular formula is C29H39ClN4O3. The van der Waals surface area contributed by atoms with Crippen molar-refractivity contribution in [2.24, 2.45) is 0 Å². The summed E-state index contributed by atoms with van der Waals surface area (Å²) in [6.45, 7) is 7.74. The summed E-state index contributed by atoms with van der Waals surface area (Å²) >= 11 is 6.68. The molecule has 0 bridgehead atoms. The third-order valence-electron chi connectivity index (χ3n) is 6.94. The number of amides is 2. The van der Waals surface area contributed by atoms with Gasteiger partial charge in [-0.3, -0.25) is 4.90 Å². The number of carbonyl (C=O) groups is 1. The number of anilines is 1. The van der Waals surface area contributed by atoms with Gasteiger partial charge in [0.05, 0.1) is 18.7 Å². The molecule has 1 saturated heterocycles. The van der Waals surface area contributed by atoms with Gasteiger partial charge in [0.15, 0.2) is 11.5 Å². The third-order valence-corrected chi connectivity index (χ3v) is 7.22. The van der Waals surface area contributed by atoms with Crippen molar-refractivity contribution in [1.82, 2.24) is 14.5 Å². The Morgan fingerprint density at radius 2 is 1.84 bits per heavy atom. The normalized spacial score (nSPS) is 14.0. The van der Waals surface area contributed by atoms with Crippen LogP contribution in [0.5, 0.6) is 11.5 Å². The predicted molar refractivity (Wildman–Crippen MR) is 150 cm³/mol. The number of ether oxygens (including phenoxy) is 2. The molecule has 4 rings (SSSR count). The Labute approximate surface area is 225 Å². The van der Waals surface area contributed by atoms with Crippen molar-refractivity contribution in [3.05, 3.63) is 47.2 Å². The molecular weight excluding hydrogens is 488 g/mol. The highest BCUT2D eigenvalue weighted by atomic mass is 35.5. The van der Waals surface area contributed by atoms with Crippen LogP contribution in [-0.2, 0) is 13.1 Å². The molecule has 0 saturated carbocycles. The van der Waals surface area contributed by atoms with Crippen molar-refractivity contribution in [3.63, 3.8) is 0 Å². The first-order valence-electron chi connectivity index (χ1n) is 13.6. The summed E-state index contributed by atoms with van der Waals surface area (Å²) in [4.78, 5) is 22.0. The Kier molecular flexibility index (Phi) is 9.56. The number of aromatic nitrogens is 2. The van der Waals surface area contributed by atoms with Gasteiger partial charge in [0, 0.05) is 55.7 Å². The van der Waals surface area contributed by atoms with Crippen molar-refractivity contribution >= 4 is 34.4 Å². The number of hydrogen-bond acceptors (Lipinski definition) is 4. The van der Waals surface area contributed by atoms with Crippen LogP contribution < -0.4 is 14.4 Å². The standard InChI is InChI=1S/C29H39ClN4O3/c1-4-6-8-15-32-21-24(30)27-22(13-14-31-28(27)32)20-33-16-10-17-34(29(33)35)23-11-12-25(36-3)26(19-23)37-18-9-7-5-2/h11-14,19,21H,4-10,15-18,20H2,1-3H3. The fraction of sp³-hybridized carbons (Fsp3) is 0.517. The molecule has 200 valence electrons. The molecule has 37 heavy (non-hydrogen) atoms. The van der Waals surface area contributed by atoms with Crippen LogP contribution in [0.3, 0.4) is 0 Å². The maximum atomic E-state index is 13.6. The number of hydrogen-bond donors (Lipinski definition) is 0. The highest BCUT2D eigenvalue weighted by Gasteiger charge is 2.28. The van der Waals surface area contributed by atoms with E-state index >= 15 is 0 Å². The fourth-order valence-corrected chi connectivity index (χ4v) is 5.24. The first kappa shape index (κ1) is 27.1. The highest BCUT2D eigenvalue weighted by Crippen LogP contribution is 2.34. The number of unbranched alkanes of at least 4 members (excludes halogenated alkanes) is 4. The molecule has 0 unspecified atom stereocenters. The minimum atomic E-state index is -0.0168. The van der Waals surface area contributed by atoms with Crippen LogP contribution >= 0.6 is 11.6 Å². The highest BCUT2D eigenvalue weighted by molar-refractivity contribution is 6.35. The average molecular weight is 527 g/mol. The number of halogens is 1. The Morgan fingerprint density at radius 1 is 1.03 bits per heavy atom. The van der Waals surface area contributed by atoms with Crippen LogP contribution in [0.25, 0.3) is 11.0 Å². The number of methoxy groups -OCH3 is 1. The van der Waals surface area contributed by atoms with Crippen LogP contribution in [0.1, 0.15) is 64.4 Å². The number of fused-ring (bicyclic) bond motifs is 1. The molecule has 8 heteroatoms. The lowest BCUT2D eigenvalue weighted by molar-refractivity contribution is 0.192. The number of urea groups is 1. The average Bonchev–Trinajstić information content (AvgIpc) is 3.24. The molecule has 1 aromatic carbocycles. The molecule has 1 fully saturated rings. The Balaban J connectivity index is 1.52. The number of pyridine rings is 1. The number of carbonyl (C=O) groups excluding carboxylic acids is 1.